The van der Waals surface area contributed by atoms with Crippen LogP contribution in [0.15, 0.2) is 42.5 Å². The van der Waals surface area contributed by atoms with Crippen LogP contribution in [0, 0.1) is 0 Å². The maximum absolute atomic E-state index is 12.4. The minimum Gasteiger partial charge on any atom is -0.493 e. The second kappa shape index (κ2) is 8.42. The van der Waals surface area contributed by atoms with Gasteiger partial charge >= 0.3 is 0 Å². The van der Waals surface area contributed by atoms with Crippen molar-refractivity contribution in [1.82, 2.24) is 0 Å². The van der Waals surface area contributed by atoms with Gasteiger partial charge in [-0.3, -0.25) is 4.79 Å². The van der Waals surface area contributed by atoms with Gasteiger partial charge in [-0.05, 0) is 36.6 Å². The van der Waals surface area contributed by atoms with E-state index in [1.807, 2.05) is 24.3 Å². The number of hydrogen-bond acceptors (Lipinski definition) is 4. The largest absolute Gasteiger partial charge is 0.493 e. The monoisotopic (exact) mass is 343 g/mol. The van der Waals surface area contributed by atoms with Gasteiger partial charge in [0.05, 0.1) is 14.2 Å². The molecular weight excluding hydrogens is 318 g/mol. The van der Waals surface area contributed by atoms with Crippen LogP contribution in [0.3, 0.4) is 0 Å². The highest BCUT2D eigenvalue weighted by molar-refractivity contribution is 5.94. The van der Waals surface area contributed by atoms with Crippen LogP contribution >= 0.6 is 0 Å². The molecule has 134 valence electrons. The summed E-state index contributed by atoms with van der Waals surface area (Å²) in [5.41, 5.74) is 1.70. The number of nitrogens with one attached hydrogen (secondary N) is 1. The lowest BCUT2D eigenvalue weighted by atomic mass is 10.0. The normalized spacial score (nSPS) is 11.8. The number of anilines is 1. The molecule has 2 aromatic rings. The van der Waals surface area contributed by atoms with Gasteiger partial charge in [-0.25, -0.2) is 0 Å². The average Bonchev–Trinajstić information content (AvgIpc) is 2.61. The van der Waals surface area contributed by atoms with Gasteiger partial charge in [0, 0.05) is 11.8 Å². The Bertz CT molecular complexity index is 727. The number of carbonyl (C=O) groups is 1. The summed E-state index contributed by atoms with van der Waals surface area (Å²) in [5, 5.41) is 2.84. The van der Waals surface area contributed by atoms with E-state index >= 15 is 0 Å². The van der Waals surface area contributed by atoms with Gasteiger partial charge in [-0.15, -0.1) is 0 Å². The Morgan fingerprint density at radius 1 is 0.920 bits per heavy atom. The van der Waals surface area contributed by atoms with E-state index in [0.717, 1.165) is 11.3 Å². The molecule has 0 aromatic heterocycles. The maximum Gasteiger partial charge on any atom is 0.265 e. The summed E-state index contributed by atoms with van der Waals surface area (Å²) in [4.78, 5) is 12.4. The third kappa shape index (κ3) is 4.66. The fourth-order valence-electron chi connectivity index (χ4n) is 2.47. The lowest BCUT2D eigenvalue weighted by Crippen LogP contribution is -2.30. The number of hydrogen-bond donors (Lipinski definition) is 1. The third-order valence-corrected chi connectivity index (χ3v) is 3.87. The Morgan fingerprint density at radius 2 is 1.60 bits per heavy atom. The molecule has 0 saturated heterocycles. The Balaban J connectivity index is 2.08. The number of para-hydroxylation sites is 1. The minimum atomic E-state index is -0.631. The van der Waals surface area contributed by atoms with Crippen LogP contribution in [0.1, 0.15) is 32.3 Å². The van der Waals surface area contributed by atoms with Crippen LogP contribution in [0.5, 0.6) is 17.2 Å². The predicted octanol–water partition coefficient (Wildman–Crippen LogP) is 4.23. The molecule has 5 heteroatoms. The molecule has 1 amide bonds. The first-order valence-corrected chi connectivity index (χ1v) is 8.24. The molecule has 1 N–H and O–H groups in total. The Morgan fingerprint density at radius 3 is 2.24 bits per heavy atom. The van der Waals surface area contributed by atoms with Crippen molar-refractivity contribution >= 4 is 11.6 Å². The van der Waals surface area contributed by atoms with E-state index in [9.17, 15) is 4.79 Å². The summed E-state index contributed by atoms with van der Waals surface area (Å²) in [6.45, 7) is 5.92. The first kappa shape index (κ1) is 18.6. The van der Waals surface area contributed by atoms with Crippen molar-refractivity contribution in [2.45, 2.75) is 32.8 Å². The van der Waals surface area contributed by atoms with Crippen molar-refractivity contribution in [3.63, 3.8) is 0 Å². The van der Waals surface area contributed by atoms with Crippen molar-refractivity contribution in [1.29, 1.82) is 0 Å². The second-order valence-electron chi connectivity index (χ2n) is 6.01. The minimum absolute atomic E-state index is 0.231. The molecule has 0 saturated carbocycles. The number of ether oxygens (including phenoxy) is 3. The lowest BCUT2D eigenvalue weighted by molar-refractivity contribution is -0.122. The molecule has 0 unspecified atom stereocenters. The SMILES string of the molecule is COc1ccc(NC(=O)[C@H](C)Oc2ccccc2C(C)C)cc1OC. The van der Waals surface area contributed by atoms with E-state index in [1.54, 1.807) is 39.3 Å². The summed E-state index contributed by atoms with van der Waals surface area (Å²) in [5.74, 6) is 1.98. The summed E-state index contributed by atoms with van der Waals surface area (Å²) in [6, 6.07) is 13.0. The first-order chi connectivity index (χ1) is 12.0. The predicted molar refractivity (Wildman–Crippen MR) is 98.8 cm³/mol. The van der Waals surface area contributed by atoms with Crippen LogP contribution < -0.4 is 19.5 Å². The average molecular weight is 343 g/mol. The standard InChI is InChI=1S/C20H25NO4/c1-13(2)16-8-6-7-9-17(16)25-14(3)20(22)21-15-10-11-18(23-4)19(12-15)24-5/h6-14H,1-5H3,(H,21,22)/t14-/m0/s1. The molecule has 0 aliphatic carbocycles. The van der Waals surface area contributed by atoms with E-state index in [-0.39, 0.29) is 5.91 Å². The smallest absolute Gasteiger partial charge is 0.265 e. The van der Waals surface area contributed by atoms with Gasteiger partial charge in [0.1, 0.15) is 5.75 Å². The highest BCUT2D eigenvalue weighted by Crippen LogP contribution is 2.30. The van der Waals surface area contributed by atoms with Crippen LogP contribution in [0.2, 0.25) is 0 Å². The van der Waals surface area contributed by atoms with Gasteiger partial charge < -0.3 is 19.5 Å². The number of amides is 1. The Hall–Kier alpha value is -2.69. The summed E-state index contributed by atoms with van der Waals surface area (Å²) in [6.07, 6.45) is -0.631. The number of benzene rings is 2. The van der Waals surface area contributed by atoms with Crippen molar-refractivity contribution in [2.24, 2.45) is 0 Å². The molecule has 5 nitrogen and oxygen atoms in total. The molecule has 2 rings (SSSR count). The summed E-state index contributed by atoms with van der Waals surface area (Å²) < 4.78 is 16.3. The van der Waals surface area contributed by atoms with Crippen molar-refractivity contribution in [2.75, 3.05) is 19.5 Å². The molecule has 25 heavy (non-hydrogen) atoms. The van der Waals surface area contributed by atoms with Gasteiger partial charge in [-0.1, -0.05) is 32.0 Å². The zero-order chi connectivity index (χ0) is 18.4. The maximum atomic E-state index is 12.4. The fraction of sp³-hybridized carbons (Fsp3) is 0.350. The highest BCUT2D eigenvalue weighted by Gasteiger charge is 2.18. The molecular formula is C20H25NO4. The van der Waals surface area contributed by atoms with E-state index in [1.165, 1.54) is 0 Å². The van der Waals surface area contributed by atoms with Crippen molar-refractivity contribution in [3.8, 4) is 17.2 Å². The number of methoxy groups -OCH3 is 2. The van der Waals surface area contributed by atoms with Crippen LogP contribution in [0.25, 0.3) is 0 Å². The molecule has 0 fully saturated rings. The fourth-order valence-corrected chi connectivity index (χ4v) is 2.47. The first-order valence-electron chi connectivity index (χ1n) is 8.24. The van der Waals surface area contributed by atoms with Crippen molar-refractivity contribution in [3.05, 3.63) is 48.0 Å². The number of carbonyl (C=O) groups excluding carboxylic acids is 1. The molecule has 0 radical (unpaired) electrons. The van der Waals surface area contributed by atoms with Crippen LogP contribution in [-0.2, 0) is 4.79 Å². The molecule has 1 atom stereocenters. The number of rotatable bonds is 7. The zero-order valence-corrected chi connectivity index (χ0v) is 15.3. The Kier molecular flexibility index (Phi) is 6.28. The second-order valence-corrected chi connectivity index (χ2v) is 6.01. The van der Waals surface area contributed by atoms with Crippen LogP contribution in [0.4, 0.5) is 5.69 Å². The van der Waals surface area contributed by atoms with E-state index < -0.39 is 6.10 Å². The van der Waals surface area contributed by atoms with Gasteiger partial charge in [-0.2, -0.15) is 0 Å². The summed E-state index contributed by atoms with van der Waals surface area (Å²) >= 11 is 0. The van der Waals surface area contributed by atoms with Gasteiger partial charge in [0.25, 0.3) is 5.91 Å². The third-order valence-electron chi connectivity index (χ3n) is 3.87. The van der Waals surface area contributed by atoms with Gasteiger partial charge in [0.2, 0.25) is 0 Å². The molecule has 0 bridgehead atoms. The molecule has 2 aromatic carbocycles. The van der Waals surface area contributed by atoms with E-state index in [2.05, 4.69) is 19.2 Å². The molecule has 0 aliphatic rings. The lowest BCUT2D eigenvalue weighted by Gasteiger charge is -2.19. The van der Waals surface area contributed by atoms with E-state index in [0.29, 0.717) is 23.1 Å². The molecule has 0 aliphatic heterocycles. The topological polar surface area (TPSA) is 56.8 Å². The van der Waals surface area contributed by atoms with Crippen LogP contribution in [-0.4, -0.2) is 26.2 Å². The van der Waals surface area contributed by atoms with Gasteiger partial charge in [0.15, 0.2) is 17.6 Å². The van der Waals surface area contributed by atoms with Crippen molar-refractivity contribution < 1.29 is 19.0 Å². The van der Waals surface area contributed by atoms with E-state index in [4.69, 9.17) is 14.2 Å². The molecule has 0 heterocycles. The highest BCUT2D eigenvalue weighted by atomic mass is 16.5. The summed E-state index contributed by atoms with van der Waals surface area (Å²) in [7, 11) is 3.12. The molecule has 0 spiro atoms. The zero-order valence-electron chi connectivity index (χ0n) is 15.3. The Labute approximate surface area is 148 Å². The quantitative estimate of drug-likeness (QED) is 0.817.